The van der Waals surface area contributed by atoms with Gasteiger partial charge in [-0.2, -0.15) is 5.26 Å². The van der Waals surface area contributed by atoms with Gasteiger partial charge in [-0.05, 0) is 18.6 Å². The molecule has 0 spiro atoms. The van der Waals surface area contributed by atoms with Crippen molar-refractivity contribution in [3.63, 3.8) is 0 Å². The Labute approximate surface area is 144 Å². The molecule has 0 fully saturated rings. The normalized spacial score (nSPS) is 10.0. The number of nitrogens with one attached hydrogen (secondary N) is 1. The molecule has 126 valence electrons. The molecule has 0 saturated heterocycles. The summed E-state index contributed by atoms with van der Waals surface area (Å²) in [7, 11) is 1.47. The number of aromatic nitrogens is 2. The van der Waals surface area contributed by atoms with Gasteiger partial charge < -0.3 is 9.47 Å². The first-order valence-electron chi connectivity index (χ1n) is 7.49. The number of unbranched alkanes of at least 4 members (excludes halogenated alkanes) is 1. The van der Waals surface area contributed by atoms with Crippen molar-refractivity contribution in [3.8, 4) is 17.6 Å². The number of ether oxygens (including phenoxy) is 2. The van der Waals surface area contributed by atoms with E-state index in [4.69, 9.17) is 14.7 Å². The lowest BCUT2D eigenvalue weighted by molar-refractivity contribution is -0.118. The van der Waals surface area contributed by atoms with E-state index in [0.29, 0.717) is 22.2 Å². The maximum absolute atomic E-state index is 11.9. The van der Waals surface area contributed by atoms with Gasteiger partial charge >= 0.3 is 0 Å². The molecule has 7 nitrogen and oxygen atoms in total. The van der Waals surface area contributed by atoms with E-state index in [2.05, 4.69) is 22.4 Å². The molecular formula is C16H18N4O3S. The molecule has 24 heavy (non-hydrogen) atoms. The summed E-state index contributed by atoms with van der Waals surface area (Å²) in [5, 5.41) is 20.9. The largest absolute Gasteiger partial charge is 0.493 e. The summed E-state index contributed by atoms with van der Waals surface area (Å²) in [6.07, 6.45) is 2.99. The number of hydrogen-bond acceptors (Lipinski definition) is 7. The van der Waals surface area contributed by atoms with E-state index in [1.54, 1.807) is 18.2 Å². The molecule has 0 atom stereocenters. The van der Waals surface area contributed by atoms with Crippen molar-refractivity contribution >= 4 is 22.4 Å². The second kappa shape index (κ2) is 8.84. The van der Waals surface area contributed by atoms with E-state index in [1.807, 2.05) is 6.07 Å². The van der Waals surface area contributed by atoms with Crippen molar-refractivity contribution in [3.05, 3.63) is 28.8 Å². The molecule has 0 unspecified atom stereocenters. The van der Waals surface area contributed by atoms with Crippen LogP contribution in [0.4, 0.5) is 5.13 Å². The van der Waals surface area contributed by atoms with Crippen LogP contribution in [0.3, 0.4) is 0 Å². The van der Waals surface area contributed by atoms with Gasteiger partial charge in [-0.15, -0.1) is 10.2 Å². The van der Waals surface area contributed by atoms with Gasteiger partial charge in [0.2, 0.25) is 5.13 Å². The Balaban J connectivity index is 1.89. The molecule has 1 aromatic carbocycles. The van der Waals surface area contributed by atoms with Gasteiger partial charge in [0.25, 0.3) is 5.91 Å². The van der Waals surface area contributed by atoms with E-state index in [9.17, 15) is 4.79 Å². The number of nitrogens with zero attached hydrogens (tertiary/aromatic N) is 3. The average Bonchev–Trinajstić information content (AvgIpc) is 3.05. The summed E-state index contributed by atoms with van der Waals surface area (Å²) in [6.45, 7) is 1.92. The number of hydrogen-bond donors (Lipinski definition) is 1. The summed E-state index contributed by atoms with van der Waals surface area (Å²) in [6, 6.07) is 6.76. The zero-order valence-electron chi connectivity index (χ0n) is 13.5. The number of carbonyl (C=O) groups excluding carboxylic acids is 1. The first-order valence-corrected chi connectivity index (χ1v) is 8.31. The van der Waals surface area contributed by atoms with Gasteiger partial charge in [0.05, 0.1) is 18.7 Å². The summed E-state index contributed by atoms with van der Waals surface area (Å²) in [4.78, 5) is 11.9. The first-order chi connectivity index (χ1) is 11.7. The van der Waals surface area contributed by atoms with Crippen molar-refractivity contribution in [1.82, 2.24) is 10.2 Å². The number of aryl methyl sites for hydroxylation is 1. The highest BCUT2D eigenvalue weighted by molar-refractivity contribution is 7.15. The molecule has 1 amide bonds. The molecule has 2 rings (SSSR count). The minimum atomic E-state index is -0.334. The Morgan fingerprint density at radius 1 is 1.38 bits per heavy atom. The molecule has 0 radical (unpaired) electrons. The monoisotopic (exact) mass is 346 g/mol. The van der Waals surface area contributed by atoms with Crippen molar-refractivity contribution in [2.45, 2.75) is 26.2 Å². The van der Waals surface area contributed by atoms with Crippen LogP contribution in [-0.4, -0.2) is 29.8 Å². The van der Waals surface area contributed by atoms with Crippen LogP contribution in [0, 0.1) is 11.3 Å². The van der Waals surface area contributed by atoms with Crippen LogP contribution in [0.5, 0.6) is 11.5 Å². The molecule has 0 aliphatic carbocycles. The standard InChI is InChI=1S/C16H18N4O3S/c1-3-4-5-15-19-20-16(24-15)18-14(21)10-23-12-7-6-11(9-17)8-13(12)22-2/h6-8H,3-5,10H2,1-2H3,(H,18,20,21). The second-order valence-corrected chi connectivity index (χ2v) is 5.98. The smallest absolute Gasteiger partial charge is 0.264 e. The number of amides is 1. The number of nitriles is 1. The summed E-state index contributed by atoms with van der Waals surface area (Å²) in [5.74, 6) is 0.465. The van der Waals surface area contributed by atoms with E-state index < -0.39 is 0 Å². The van der Waals surface area contributed by atoms with Crippen molar-refractivity contribution < 1.29 is 14.3 Å². The predicted molar refractivity (Wildman–Crippen MR) is 90.4 cm³/mol. The van der Waals surface area contributed by atoms with Gasteiger partial charge in [0.15, 0.2) is 18.1 Å². The first kappa shape index (κ1) is 17.7. The number of rotatable bonds is 8. The minimum Gasteiger partial charge on any atom is -0.493 e. The summed E-state index contributed by atoms with van der Waals surface area (Å²) < 4.78 is 10.6. The summed E-state index contributed by atoms with van der Waals surface area (Å²) in [5.41, 5.74) is 0.456. The molecule has 0 bridgehead atoms. The summed E-state index contributed by atoms with van der Waals surface area (Å²) >= 11 is 1.36. The van der Waals surface area contributed by atoms with Gasteiger partial charge in [-0.25, -0.2) is 0 Å². The van der Waals surface area contributed by atoms with Crippen LogP contribution in [-0.2, 0) is 11.2 Å². The van der Waals surface area contributed by atoms with Crippen molar-refractivity contribution in [1.29, 1.82) is 5.26 Å². The van der Waals surface area contributed by atoms with Gasteiger partial charge in [0.1, 0.15) is 5.01 Å². The molecule has 8 heteroatoms. The molecule has 2 aromatic rings. The molecule has 0 aliphatic rings. The van der Waals surface area contributed by atoms with Crippen LogP contribution >= 0.6 is 11.3 Å². The predicted octanol–water partition coefficient (Wildman–Crippen LogP) is 2.78. The quantitative estimate of drug-likeness (QED) is 0.789. The third kappa shape index (κ3) is 4.93. The van der Waals surface area contributed by atoms with Crippen LogP contribution < -0.4 is 14.8 Å². The van der Waals surface area contributed by atoms with E-state index >= 15 is 0 Å². The van der Waals surface area contributed by atoms with E-state index in [0.717, 1.165) is 24.3 Å². The Hall–Kier alpha value is -2.66. The van der Waals surface area contributed by atoms with Crippen LogP contribution in [0.2, 0.25) is 0 Å². The Morgan fingerprint density at radius 3 is 2.92 bits per heavy atom. The molecule has 1 aromatic heterocycles. The highest BCUT2D eigenvalue weighted by Crippen LogP contribution is 2.27. The maximum Gasteiger partial charge on any atom is 0.264 e. The van der Waals surface area contributed by atoms with Gasteiger partial charge in [0, 0.05) is 12.5 Å². The van der Waals surface area contributed by atoms with Crippen LogP contribution in [0.1, 0.15) is 30.3 Å². The fourth-order valence-corrected chi connectivity index (χ4v) is 2.69. The highest BCUT2D eigenvalue weighted by atomic mass is 32.1. The minimum absolute atomic E-state index is 0.188. The zero-order valence-corrected chi connectivity index (χ0v) is 14.4. The fourth-order valence-electron chi connectivity index (χ4n) is 1.89. The number of benzene rings is 1. The molecule has 0 aliphatic heterocycles. The highest BCUT2D eigenvalue weighted by Gasteiger charge is 2.11. The lowest BCUT2D eigenvalue weighted by atomic mass is 10.2. The number of carbonyl (C=O) groups is 1. The van der Waals surface area contributed by atoms with Crippen molar-refractivity contribution in [2.75, 3.05) is 19.0 Å². The SMILES string of the molecule is CCCCc1nnc(NC(=O)COc2ccc(C#N)cc2OC)s1. The Kier molecular flexibility index (Phi) is 6.51. The van der Waals surface area contributed by atoms with Crippen molar-refractivity contribution in [2.24, 2.45) is 0 Å². The number of methoxy groups -OCH3 is 1. The molecule has 0 saturated carbocycles. The number of anilines is 1. The molecular weight excluding hydrogens is 328 g/mol. The third-order valence-electron chi connectivity index (χ3n) is 3.11. The average molecular weight is 346 g/mol. The van der Waals surface area contributed by atoms with Crippen LogP contribution in [0.15, 0.2) is 18.2 Å². The lowest BCUT2D eigenvalue weighted by Gasteiger charge is -2.10. The van der Waals surface area contributed by atoms with E-state index in [1.165, 1.54) is 18.4 Å². The van der Waals surface area contributed by atoms with Gasteiger partial charge in [-0.3, -0.25) is 10.1 Å². The molecule has 1 heterocycles. The molecule has 1 N–H and O–H groups in total. The second-order valence-electron chi connectivity index (χ2n) is 4.92. The lowest BCUT2D eigenvalue weighted by Crippen LogP contribution is -2.20. The fraction of sp³-hybridized carbons (Fsp3) is 0.375. The Bertz CT molecular complexity index is 739. The third-order valence-corrected chi connectivity index (χ3v) is 4.01. The van der Waals surface area contributed by atoms with Gasteiger partial charge in [-0.1, -0.05) is 24.7 Å². The van der Waals surface area contributed by atoms with Crippen LogP contribution in [0.25, 0.3) is 0 Å². The maximum atomic E-state index is 11.9. The topological polar surface area (TPSA) is 97.1 Å². The zero-order chi connectivity index (χ0) is 17.4. The Morgan fingerprint density at radius 2 is 2.21 bits per heavy atom. The van der Waals surface area contributed by atoms with E-state index in [-0.39, 0.29) is 12.5 Å².